The molecule has 0 heterocycles. The van der Waals surface area contributed by atoms with Gasteiger partial charge in [0.2, 0.25) is 0 Å². The van der Waals surface area contributed by atoms with E-state index >= 15 is 0 Å². The van der Waals surface area contributed by atoms with Gasteiger partial charge in [-0.1, -0.05) is 0 Å². The predicted molar refractivity (Wildman–Crippen MR) is 42.6 cm³/mol. The number of carbonyl (C=O) groups is 2. The average Bonchev–Trinajstić information content (AvgIpc) is 2.00. The third-order valence-electron chi connectivity index (χ3n) is 1.35. The summed E-state index contributed by atoms with van der Waals surface area (Å²) in [7, 11) is 0. The minimum atomic E-state index is -0.987. The van der Waals surface area contributed by atoms with E-state index in [1.807, 2.05) is 0 Å². The number of ether oxygens (including phenoxy) is 1. The zero-order chi connectivity index (χ0) is 9.56. The Bertz CT molecular complexity index is 162. The van der Waals surface area contributed by atoms with Gasteiger partial charge in [0.15, 0.2) is 5.78 Å². The van der Waals surface area contributed by atoms with Crippen molar-refractivity contribution >= 4 is 11.8 Å². The standard InChI is InChI=1S/C8H14O4/c1-3-12-8(11)5-4-7(10)6(2)9/h6,9H,3-5H2,1-2H3. The first-order valence-electron chi connectivity index (χ1n) is 3.94. The molecule has 0 aromatic heterocycles. The van der Waals surface area contributed by atoms with Gasteiger partial charge >= 0.3 is 5.97 Å². The van der Waals surface area contributed by atoms with Gasteiger partial charge in [0.05, 0.1) is 13.0 Å². The second-order valence-electron chi connectivity index (χ2n) is 2.45. The van der Waals surface area contributed by atoms with E-state index in [1.165, 1.54) is 6.92 Å². The van der Waals surface area contributed by atoms with Crippen LogP contribution in [-0.2, 0) is 14.3 Å². The Labute approximate surface area is 71.5 Å². The van der Waals surface area contributed by atoms with Crippen molar-refractivity contribution in [2.75, 3.05) is 6.61 Å². The van der Waals surface area contributed by atoms with Gasteiger partial charge in [-0.05, 0) is 13.8 Å². The third-order valence-corrected chi connectivity index (χ3v) is 1.35. The fourth-order valence-corrected chi connectivity index (χ4v) is 0.667. The molecule has 0 radical (unpaired) electrons. The van der Waals surface area contributed by atoms with Crippen LogP contribution >= 0.6 is 0 Å². The van der Waals surface area contributed by atoms with Crippen molar-refractivity contribution in [2.24, 2.45) is 0 Å². The van der Waals surface area contributed by atoms with Crippen molar-refractivity contribution in [3.05, 3.63) is 0 Å². The Morgan fingerprint density at radius 2 is 2.00 bits per heavy atom. The first kappa shape index (κ1) is 11.1. The van der Waals surface area contributed by atoms with Crippen LogP contribution < -0.4 is 0 Å². The van der Waals surface area contributed by atoms with Crippen LogP contribution in [0.5, 0.6) is 0 Å². The topological polar surface area (TPSA) is 63.6 Å². The molecule has 0 aliphatic carbocycles. The number of Topliss-reactive ketones (excluding diaryl/α,β-unsaturated/α-hetero) is 1. The lowest BCUT2D eigenvalue weighted by Crippen LogP contribution is -2.17. The predicted octanol–water partition coefficient (Wildman–Crippen LogP) is 0.280. The molecule has 0 aliphatic rings. The number of aliphatic hydroxyl groups is 1. The van der Waals surface area contributed by atoms with E-state index in [2.05, 4.69) is 4.74 Å². The van der Waals surface area contributed by atoms with Crippen molar-refractivity contribution < 1.29 is 19.4 Å². The monoisotopic (exact) mass is 174 g/mol. The van der Waals surface area contributed by atoms with Crippen LogP contribution in [0.15, 0.2) is 0 Å². The van der Waals surface area contributed by atoms with Crippen LogP contribution in [0.4, 0.5) is 0 Å². The third kappa shape index (κ3) is 4.85. The molecule has 0 saturated carbocycles. The molecule has 1 atom stereocenters. The van der Waals surface area contributed by atoms with Crippen LogP contribution in [0.25, 0.3) is 0 Å². The van der Waals surface area contributed by atoms with Crippen molar-refractivity contribution in [3.63, 3.8) is 0 Å². The van der Waals surface area contributed by atoms with E-state index in [4.69, 9.17) is 5.11 Å². The maximum atomic E-state index is 10.8. The van der Waals surface area contributed by atoms with Crippen LogP contribution in [0.3, 0.4) is 0 Å². The normalized spacial score (nSPS) is 12.2. The first-order chi connectivity index (χ1) is 5.57. The molecular formula is C8H14O4. The molecule has 0 rings (SSSR count). The SMILES string of the molecule is CCOC(=O)CCC(=O)C(C)O. The van der Waals surface area contributed by atoms with Crippen molar-refractivity contribution in [3.8, 4) is 0 Å². The summed E-state index contributed by atoms with van der Waals surface area (Å²) >= 11 is 0. The number of esters is 1. The maximum Gasteiger partial charge on any atom is 0.306 e. The van der Waals surface area contributed by atoms with Gasteiger partial charge in [0.25, 0.3) is 0 Å². The second-order valence-corrected chi connectivity index (χ2v) is 2.45. The summed E-state index contributed by atoms with van der Waals surface area (Å²) in [6.45, 7) is 3.41. The summed E-state index contributed by atoms with van der Waals surface area (Å²) in [5.41, 5.74) is 0. The largest absolute Gasteiger partial charge is 0.466 e. The molecule has 0 fully saturated rings. The van der Waals surface area contributed by atoms with Crippen LogP contribution in [0.2, 0.25) is 0 Å². The zero-order valence-corrected chi connectivity index (χ0v) is 7.37. The van der Waals surface area contributed by atoms with Gasteiger partial charge in [-0.3, -0.25) is 9.59 Å². The summed E-state index contributed by atoms with van der Waals surface area (Å²) in [6, 6.07) is 0. The number of rotatable bonds is 5. The van der Waals surface area contributed by atoms with Gasteiger partial charge < -0.3 is 9.84 Å². The van der Waals surface area contributed by atoms with E-state index in [-0.39, 0.29) is 18.6 Å². The summed E-state index contributed by atoms with van der Waals surface area (Å²) in [5, 5.41) is 8.76. The number of hydrogen-bond acceptors (Lipinski definition) is 4. The molecule has 4 heteroatoms. The summed E-state index contributed by atoms with van der Waals surface area (Å²) in [6.07, 6.45) is -0.881. The van der Waals surface area contributed by atoms with E-state index in [0.29, 0.717) is 6.61 Å². The molecule has 0 amide bonds. The highest BCUT2D eigenvalue weighted by Crippen LogP contribution is 1.97. The summed E-state index contributed by atoms with van der Waals surface area (Å²) in [4.78, 5) is 21.5. The lowest BCUT2D eigenvalue weighted by molar-refractivity contribution is -0.144. The summed E-state index contributed by atoms with van der Waals surface area (Å²) in [5.74, 6) is -0.727. The second kappa shape index (κ2) is 5.71. The van der Waals surface area contributed by atoms with Crippen molar-refractivity contribution in [2.45, 2.75) is 32.8 Å². The van der Waals surface area contributed by atoms with Crippen molar-refractivity contribution in [1.29, 1.82) is 0 Å². The Hall–Kier alpha value is -0.900. The number of ketones is 1. The van der Waals surface area contributed by atoms with E-state index < -0.39 is 12.1 Å². The molecule has 12 heavy (non-hydrogen) atoms. The van der Waals surface area contributed by atoms with Crippen LogP contribution in [0, 0.1) is 0 Å². The molecular weight excluding hydrogens is 160 g/mol. The number of hydrogen-bond donors (Lipinski definition) is 1. The highest BCUT2D eigenvalue weighted by molar-refractivity contribution is 5.85. The molecule has 0 spiro atoms. The lowest BCUT2D eigenvalue weighted by atomic mass is 10.1. The lowest BCUT2D eigenvalue weighted by Gasteiger charge is -2.02. The minimum Gasteiger partial charge on any atom is -0.466 e. The molecule has 0 saturated heterocycles. The number of aliphatic hydroxyl groups excluding tert-OH is 1. The van der Waals surface area contributed by atoms with E-state index in [9.17, 15) is 9.59 Å². The molecule has 1 unspecified atom stereocenters. The van der Waals surface area contributed by atoms with Gasteiger partial charge in [-0.15, -0.1) is 0 Å². The van der Waals surface area contributed by atoms with Crippen molar-refractivity contribution in [1.82, 2.24) is 0 Å². The molecule has 1 N–H and O–H groups in total. The molecule has 70 valence electrons. The van der Waals surface area contributed by atoms with Gasteiger partial charge in [-0.25, -0.2) is 0 Å². The van der Waals surface area contributed by atoms with Crippen LogP contribution in [0.1, 0.15) is 26.7 Å². The molecule has 0 aromatic rings. The van der Waals surface area contributed by atoms with Gasteiger partial charge in [-0.2, -0.15) is 0 Å². The van der Waals surface area contributed by atoms with Gasteiger partial charge in [0.1, 0.15) is 6.10 Å². The molecule has 4 nitrogen and oxygen atoms in total. The highest BCUT2D eigenvalue weighted by Gasteiger charge is 2.11. The fraction of sp³-hybridized carbons (Fsp3) is 0.750. The molecule has 0 aliphatic heterocycles. The quantitative estimate of drug-likeness (QED) is 0.608. The highest BCUT2D eigenvalue weighted by atomic mass is 16.5. The van der Waals surface area contributed by atoms with E-state index in [0.717, 1.165) is 0 Å². The Morgan fingerprint density at radius 1 is 1.42 bits per heavy atom. The Kier molecular flexibility index (Phi) is 5.28. The zero-order valence-electron chi connectivity index (χ0n) is 7.37. The minimum absolute atomic E-state index is 0.0521. The van der Waals surface area contributed by atoms with Gasteiger partial charge in [0, 0.05) is 6.42 Å². The number of carbonyl (C=O) groups excluding carboxylic acids is 2. The average molecular weight is 174 g/mol. The maximum absolute atomic E-state index is 10.8. The fourth-order valence-electron chi connectivity index (χ4n) is 0.667. The Morgan fingerprint density at radius 3 is 2.42 bits per heavy atom. The Balaban J connectivity index is 3.54. The smallest absolute Gasteiger partial charge is 0.306 e. The first-order valence-corrected chi connectivity index (χ1v) is 3.94. The molecule has 0 aromatic carbocycles. The summed E-state index contributed by atoms with van der Waals surface area (Å²) < 4.78 is 4.60. The molecule has 0 bridgehead atoms. The van der Waals surface area contributed by atoms with Crippen LogP contribution in [-0.4, -0.2) is 29.6 Å². The van der Waals surface area contributed by atoms with E-state index in [1.54, 1.807) is 6.92 Å².